The van der Waals surface area contributed by atoms with Crippen LogP contribution in [-0.4, -0.2) is 24.5 Å². The molecule has 106 valence electrons. The van der Waals surface area contributed by atoms with Crippen LogP contribution in [0, 0.1) is 6.92 Å². The molecule has 0 saturated carbocycles. The first-order valence-corrected chi connectivity index (χ1v) is 7.32. The standard InChI is InChI=1S/C12H14N4O3S/c1-8-11(7-15-16-8)12(17)14-6-9-3-2-4-10(5-9)20(13,18)19/h2-5,7H,6H2,1H3,(H,14,17)(H,15,16)(H2,13,18,19). The van der Waals surface area contributed by atoms with Gasteiger partial charge in [-0.1, -0.05) is 12.1 Å². The van der Waals surface area contributed by atoms with Crippen molar-refractivity contribution in [2.45, 2.75) is 18.4 Å². The normalized spacial score (nSPS) is 11.3. The summed E-state index contributed by atoms with van der Waals surface area (Å²) in [5.74, 6) is -0.280. The quantitative estimate of drug-likeness (QED) is 0.751. The molecule has 0 saturated heterocycles. The first-order valence-electron chi connectivity index (χ1n) is 5.78. The van der Waals surface area contributed by atoms with Gasteiger partial charge in [0, 0.05) is 12.2 Å². The van der Waals surface area contributed by atoms with Crippen LogP contribution in [0.3, 0.4) is 0 Å². The number of carbonyl (C=O) groups excluding carboxylic acids is 1. The van der Waals surface area contributed by atoms with Crippen LogP contribution < -0.4 is 10.5 Å². The topological polar surface area (TPSA) is 118 Å². The summed E-state index contributed by atoms with van der Waals surface area (Å²) in [4.78, 5) is 11.9. The van der Waals surface area contributed by atoms with E-state index in [0.29, 0.717) is 16.8 Å². The van der Waals surface area contributed by atoms with E-state index in [-0.39, 0.29) is 17.3 Å². The SMILES string of the molecule is Cc1[nH]ncc1C(=O)NCc1cccc(S(N)(=O)=O)c1. The van der Waals surface area contributed by atoms with Crippen LogP contribution in [0.1, 0.15) is 21.6 Å². The maximum absolute atomic E-state index is 11.9. The summed E-state index contributed by atoms with van der Waals surface area (Å²) in [5, 5.41) is 14.2. The highest BCUT2D eigenvalue weighted by Crippen LogP contribution is 2.10. The molecule has 0 aliphatic carbocycles. The van der Waals surface area contributed by atoms with Crippen molar-refractivity contribution in [3.05, 3.63) is 47.3 Å². The van der Waals surface area contributed by atoms with Crippen molar-refractivity contribution >= 4 is 15.9 Å². The average Bonchev–Trinajstić information content (AvgIpc) is 2.82. The number of benzene rings is 1. The van der Waals surface area contributed by atoms with Crippen molar-refractivity contribution in [3.63, 3.8) is 0 Å². The molecule has 0 unspecified atom stereocenters. The Balaban J connectivity index is 2.09. The molecule has 20 heavy (non-hydrogen) atoms. The van der Waals surface area contributed by atoms with E-state index in [9.17, 15) is 13.2 Å². The van der Waals surface area contributed by atoms with E-state index in [0.717, 1.165) is 0 Å². The Morgan fingerprint density at radius 3 is 2.80 bits per heavy atom. The molecule has 1 amide bonds. The number of hydrogen-bond acceptors (Lipinski definition) is 4. The van der Waals surface area contributed by atoms with Gasteiger partial charge in [-0.25, -0.2) is 13.6 Å². The van der Waals surface area contributed by atoms with Gasteiger partial charge >= 0.3 is 0 Å². The highest BCUT2D eigenvalue weighted by atomic mass is 32.2. The highest BCUT2D eigenvalue weighted by molar-refractivity contribution is 7.89. The third-order valence-corrected chi connectivity index (χ3v) is 3.67. The number of carbonyl (C=O) groups is 1. The second-order valence-electron chi connectivity index (χ2n) is 4.28. The van der Waals surface area contributed by atoms with Gasteiger partial charge in [-0.2, -0.15) is 5.10 Å². The van der Waals surface area contributed by atoms with Crippen LogP contribution in [0.2, 0.25) is 0 Å². The van der Waals surface area contributed by atoms with E-state index in [1.54, 1.807) is 19.1 Å². The number of hydrogen-bond donors (Lipinski definition) is 3. The molecule has 0 atom stereocenters. The van der Waals surface area contributed by atoms with Crippen molar-refractivity contribution in [1.82, 2.24) is 15.5 Å². The first-order chi connectivity index (χ1) is 9.38. The fourth-order valence-corrected chi connectivity index (χ4v) is 2.27. The summed E-state index contributed by atoms with van der Waals surface area (Å²) < 4.78 is 22.5. The molecule has 1 aromatic heterocycles. The maximum Gasteiger partial charge on any atom is 0.255 e. The number of nitrogens with two attached hydrogens (primary N) is 1. The van der Waals surface area contributed by atoms with Gasteiger partial charge < -0.3 is 5.32 Å². The summed E-state index contributed by atoms with van der Waals surface area (Å²) >= 11 is 0. The van der Waals surface area contributed by atoms with Crippen LogP contribution >= 0.6 is 0 Å². The van der Waals surface area contributed by atoms with Crippen LogP contribution in [0.5, 0.6) is 0 Å². The molecule has 0 aliphatic heterocycles. The van der Waals surface area contributed by atoms with Gasteiger partial charge in [0.1, 0.15) is 0 Å². The number of nitrogens with zero attached hydrogens (tertiary/aromatic N) is 1. The number of H-pyrrole nitrogens is 1. The Bertz CT molecular complexity index is 737. The minimum atomic E-state index is -3.74. The predicted molar refractivity (Wildman–Crippen MR) is 72.3 cm³/mol. The number of aromatic nitrogens is 2. The van der Waals surface area contributed by atoms with E-state index >= 15 is 0 Å². The smallest absolute Gasteiger partial charge is 0.255 e. The Hall–Kier alpha value is -2.19. The lowest BCUT2D eigenvalue weighted by molar-refractivity contribution is 0.0950. The molecule has 0 aliphatic rings. The fraction of sp³-hybridized carbons (Fsp3) is 0.167. The lowest BCUT2D eigenvalue weighted by Gasteiger charge is -2.06. The first kappa shape index (κ1) is 14.2. The molecule has 2 rings (SSSR count). The van der Waals surface area contributed by atoms with Crippen molar-refractivity contribution in [3.8, 4) is 0 Å². The lowest BCUT2D eigenvalue weighted by atomic mass is 10.2. The van der Waals surface area contributed by atoms with Crippen LogP contribution in [0.4, 0.5) is 0 Å². The van der Waals surface area contributed by atoms with Gasteiger partial charge in [-0.15, -0.1) is 0 Å². The Labute approximate surface area is 116 Å². The number of sulfonamides is 1. The van der Waals surface area contributed by atoms with Crippen molar-refractivity contribution in [2.24, 2.45) is 5.14 Å². The van der Waals surface area contributed by atoms with Crippen molar-refractivity contribution in [1.29, 1.82) is 0 Å². The summed E-state index contributed by atoms with van der Waals surface area (Å²) in [6.45, 7) is 1.94. The molecule has 7 nitrogen and oxygen atoms in total. The Morgan fingerprint density at radius 2 is 2.20 bits per heavy atom. The molecule has 8 heteroatoms. The summed E-state index contributed by atoms with van der Waals surface area (Å²) in [6, 6.07) is 6.11. The number of aromatic amines is 1. The van der Waals surface area contributed by atoms with E-state index in [2.05, 4.69) is 15.5 Å². The molecule has 0 radical (unpaired) electrons. The average molecular weight is 294 g/mol. The second kappa shape index (κ2) is 5.43. The molecule has 4 N–H and O–H groups in total. The van der Waals surface area contributed by atoms with Gasteiger partial charge in [0.05, 0.1) is 16.7 Å². The fourth-order valence-electron chi connectivity index (χ4n) is 1.69. The molecule has 2 aromatic rings. The predicted octanol–water partition coefficient (Wildman–Crippen LogP) is 0.296. The zero-order valence-electron chi connectivity index (χ0n) is 10.8. The minimum Gasteiger partial charge on any atom is -0.348 e. The van der Waals surface area contributed by atoms with Gasteiger partial charge in [0.15, 0.2) is 0 Å². The summed E-state index contributed by atoms with van der Waals surface area (Å²) in [6.07, 6.45) is 1.44. The van der Waals surface area contributed by atoms with Gasteiger partial charge in [-0.3, -0.25) is 9.89 Å². The highest BCUT2D eigenvalue weighted by Gasteiger charge is 2.11. The van der Waals surface area contributed by atoms with E-state index in [4.69, 9.17) is 5.14 Å². The van der Waals surface area contributed by atoms with E-state index in [1.165, 1.54) is 18.3 Å². The third kappa shape index (κ3) is 3.22. The lowest BCUT2D eigenvalue weighted by Crippen LogP contribution is -2.23. The molecular formula is C12H14N4O3S. The second-order valence-corrected chi connectivity index (χ2v) is 5.85. The Morgan fingerprint density at radius 1 is 1.45 bits per heavy atom. The number of nitrogens with one attached hydrogen (secondary N) is 2. The number of amides is 1. The Kier molecular flexibility index (Phi) is 3.86. The van der Waals surface area contributed by atoms with Crippen molar-refractivity contribution in [2.75, 3.05) is 0 Å². The van der Waals surface area contributed by atoms with Gasteiger partial charge in [0.2, 0.25) is 10.0 Å². The van der Waals surface area contributed by atoms with Crippen LogP contribution in [0.25, 0.3) is 0 Å². The largest absolute Gasteiger partial charge is 0.348 e. The van der Waals surface area contributed by atoms with Gasteiger partial charge in [0.25, 0.3) is 5.91 Å². The van der Waals surface area contributed by atoms with Crippen LogP contribution in [0.15, 0.2) is 35.4 Å². The number of aryl methyl sites for hydroxylation is 1. The summed E-state index contributed by atoms with van der Waals surface area (Å²) in [5.41, 5.74) is 1.76. The molecular weight excluding hydrogens is 280 g/mol. The monoisotopic (exact) mass is 294 g/mol. The third-order valence-electron chi connectivity index (χ3n) is 2.75. The molecule has 1 heterocycles. The van der Waals surface area contributed by atoms with E-state index < -0.39 is 10.0 Å². The molecule has 1 aromatic carbocycles. The number of primary sulfonamides is 1. The molecule has 0 spiro atoms. The molecule has 0 fully saturated rings. The van der Waals surface area contributed by atoms with Crippen molar-refractivity contribution < 1.29 is 13.2 Å². The zero-order chi connectivity index (χ0) is 14.8. The van der Waals surface area contributed by atoms with Gasteiger partial charge in [-0.05, 0) is 24.6 Å². The zero-order valence-corrected chi connectivity index (χ0v) is 11.6. The maximum atomic E-state index is 11.9. The molecule has 0 bridgehead atoms. The number of rotatable bonds is 4. The summed E-state index contributed by atoms with van der Waals surface area (Å²) in [7, 11) is -3.74. The minimum absolute atomic E-state index is 0.0174. The van der Waals surface area contributed by atoms with E-state index in [1.807, 2.05) is 0 Å². The van der Waals surface area contributed by atoms with Crippen LogP contribution in [-0.2, 0) is 16.6 Å².